The predicted octanol–water partition coefficient (Wildman–Crippen LogP) is 4.31. The van der Waals surface area contributed by atoms with Crippen LogP contribution in [0.1, 0.15) is 72.1 Å². The summed E-state index contributed by atoms with van der Waals surface area (Å²) in [6, 6.07) is 0. The zero-order valence-corrected chi connectivity index (χ0v) is 16.6. The van der Waals surface area contributed by atoms with Gasteiger partial charge in [0.2, 0.25) is 0 Å². The molecule has 26 heavy (non-hydrogen) atoms. The molecule has 2 unspecified atom stereocenters. The third-order valence-corrected chi connectivity index (χ3v) is 9.32. The Balaban J connectivity index is 1.51. The Kier molecular flexibility index (Phi) is 3.83. The molecule has 0 bridgehead atoms. The summed E-state index contributed by atoms with van der Waals surface area (Å²) in [6.07, 6.45) is 8.68. The molecule has 0 amide bonds. The lowest BCUT2D eigenvalue weighted by Crippen LogP contribution is -2.56. The van der Waals surface area contributed by atoms with Crippen LogP contribution in [0.3, 0.4) is 0 Å². The summed E-state index contributed by atoms with van der Waals surface area (Å²) in [5.74, 6) is 1.72. The first-order valence-corrected chi connectivity index (χ1v) is 10.9. The first-order valence-electron chi connectivity index (χ1n) is 10.9. The highest BCUT2D eigenvalue weighted by Gasteiger charge is 2.68. The van der Waals surface area contributed by atoms with Gasteiger partial charge in [0.05, 0.1) is 13.2 Å². The summed E-state index contributed by atoms with van der Waals surface area (Å²) in [5, 5.41) is 0. The van der Waals surface area contributed by atoms with Crippen LogP contribution in [-0.2, 0) is 19.0 Å². The van der Waals surface area contributed by atoms with Gasteiger partial charge in [-0.15, -0.1) is 0 Å². The van der Waals surface area contributed by atoms with E-state index in [1.54, 1.807) is 0 Å². The highest BCUT2D eigenvalue weighted by Crippen LogP contribution is 2.66. The van der Waals surface area contributed by atoms with E-state index in [9.17, 15) is 4.79 Å². The second kappa shape index (κ2) is 5.70. The molecular formula is C22H34O4. The number of hydrogen-bond acceptors (Lipinski definition) is 4. The molecule has 5 rings (SSSR count). The van der Waals surface area contributed by atoms with E-state index in [1.807, 2.05) is 0 Å². The van der Waals surface area contributed by atoms with Crippen LogP contribution in [0, 0.1) is 34.5 Å². The van der Waals surface area contributed by atoms with Crippen LogP contribution in [0.2, 0.25) is 0 Å². The summed E-state index contributed by atoms with van der Waals surface area (Å²) < 4.78 is 18.6. The quantitative estimate of drug-likeness (QED) is 0.602. The Morgan fingerprint density at radius 2 is 1.69 bits per heavy atom. The minimum Gasteiger partial charge on any atom is -0.462 e. The van der Waals surface area contributed by atoms with Crippen molar-refractivity contribution in [2.24, 2.45) is 34.5 Å². The van der Waals surface area contributed by atoms with Gasteiger partial charge in [-0.1, -0.05) is 27.2 Å². The first kappa shape index (κ1) is 17.5. The van der Waals surface area contributed by atoms with E-state index in [2.05, 4.69) is 20.8 Å². The monoisotopic (exact) mass is 362 g/mol. The zero-order valence-electron chi connectivity index (χ0n) is 16.6. The molecule has 0 aromatic heterocycles. The maximum atomic E-state index is 12.8. The molecule has 2 saturated heterocycles. The minimum absolute atomic E-state index is 0.0247. The largest absolute Gasteiger partial charge is 0.462 e. The van der Waals surface area contributed by atoms with Crippen LogP contribution in [0.4, 0.5) is 0 Å². The van der Waals surface area contributed by atoms with E-state index in [4.69, 9.17) is 14.2 Å². The highest BCUT2D eigenvalue weighted by atomic mass is 16.7. The van der Waals surface area contributed by atoms with E-state index in [1.165, 1.54) is 19.3 Å². The molecule has 0 aromatic carbocycles. The predicted molar refractivity (Wildman–Crippen MR) is 97.3 cm³/mol. The number of carbonyl (C=O) groups is 1. The van der Waals surface area contributed by atoms with Crippen LogP contribution in [0.15, 0.2) is 0 Å². The van der Waals surface area contributed by atoms with Gasteiger partial charge in [-0.3, -0.25) is 4.79 Å². The van der Waals surface area contributed by atoms with Gasteiger partial charge in [0, 0.05) is 30.1 Å². The van der Waals surface area contributed by atoms with E-state index < -0.39 is 5.79 Å². The molecule has 0 N–H and O–H groups in total. The third kappa shape index (κ3) is 2.18. The van der Waals surface area contributed by atoms with Crippen LogP contribution in [0.25, 0.3) is 0 Å². The fraction of sp³-hybridized carbons (Fsp3) is 0.955. The van der Waals surface area contributed by atoms with Gasteiger partial charge < -0.3 is 14.2 Å². The number of hydrogen-bond donors (Lipinski definition) is 0. The molecule has 4 nitrogen and oxygen atoms in total. The normalized spacial score (nSPS) is 52.7. The van der Waals surface area contributed by atoms with Crippen molar-refractivity contribution in [1.29, 1.82) is 0 Å². The second-order valence-corrected chi connectivity index (χ2v) is 10.4. The lowest BCUT2D eigenvalue weighted by atomic mass is 9.51. The lowest BCUT2D eigenvalue weighted by Gasteiger charge is -2.55. The van der Waals surface area contributed by atoms with Gasteiger partial charge in [0.15, 0.2) is 5.79 Å². The number of ether oxygens (including phenoxy) is 3. The molecule has 3 saturated carbocycles. The fourth-order valence-electron chi connectivity index (χ4n) is 7.67. The average Bonchev–Trinajstić information content (AvgIpc) is 3.16. The summed E-state index contributed by atoms with van der Waals surface area (Å²) in [7, 11) is 0. The zero-order chi connectivity index (χ0) is 18.2. The molecule has 2 heterocycles. The van der Waals surface area contributed by atoms with Gasteiger partial charge in [0.1, 0.15) is 6.10 Å². The topological polar surface area (TPSA) is 44.8 Å². The second-order valence-electron chi connectivity index (χ2n) is 10.4. The van der Waals surface area contributed by atoms with Crippen molar-refractivity contribution < 1.29 is 19.0 Å². The number of esters is 1. The standard InChI is InChI=1S/C22H34O4/c1-14-4-7-20(2)15(12-14)13-18(23)26-19-16(20)5-8-21(3)17(19)6-9-22(21)24-10-11-25-22/h14-17,19H,4-13H2,1-3H3/t14-,15?,16-,17-,19?,20-,21-/m0/s1. The van der Waals surface area contributed by atoms with Crippen LogP contribution >= 0.6 is 0 Å². The Labute approximate surface area is 157 Å². The molecular weight excluding hydrogens is 328 g/mol. The van der Waals surface area contributed by atoms with Crippen molar-refractivity contribution in [2.45, 2.75) is 84.0 Å². The van der Waals surface area contributed by atoms with Gasteiger partial charge in [-0.05, 0) is 49.4 Å². The minimum atomic E-state index is -0.428. The molecule has 5 fully saturated rings. The average molecular weight is 363 g/mol. The number of carbonyl (C=O) groups excluding carboxylic acids is 1. The lowest BCUT2D eigenvalue weighted by molar-refractivity contribution is -0.249. The Bertz CT molecular complexity index is 597. The van der Waals surface area contributed by atoms with Crippen molar-refractivity contribution in [1.82, 2.24) is 0 Å². The van der Waals surface area contributed by atoms with Crippen molar-refractivity contribution >= 4 is 5.97 Å². The van der Waals surface area contributed by atoms with Crippen LogP contribution < -0.4 is 0 Å². The van der Waals surface area contributed by atoms with Crippen LogP contribution in [-0.4, -0.2) is 31.1 Å². The summed E-state index contributed by atoms with van der Waals surface area (Å²) in [6.45, 7) is 8.56. The Morgan fingerprint density at radius 1 is 0.962 bits per heavy atom. The summed E-state index contributed by atoms with van der Waals surface area (Å²) in [5.41, 5.74) is 0.223. The number of rotatable bonds is 0. The molecule has 7 atom stereocenters. The Hall–Kier alpha value is -0.610. The van der Waals surface area contributed by atoms with Crippen molar-refractivity contribution in [3.05, 3.63) is 0 Å². The molecule has 0 radical (unpaired) electrons. The summed E-state index contributed by atoms with van der Waals surface area (Å²) >= 11 is 0. The van der Waals surface area contributed by atoms with E-state index in [0.29, 0.717) is 37.4 Å². The maximum absolute atomic E-state index is 12.8. The van der Waals surface area contributed by atoms with E-state index in [0.717, 1.165) is 31.6 Å². The van der Waals surface area contributed by atoms with E-state index >= 15 is 0 Å². The molecule has 4 heteroatoms. The highest BCUT2D eigenvalue weighted by molar-refractivity contribution is 5.70. The van der Waals surface area contributed by atoms with Gasteiger partial charge >= 0.3 is 5.97 Å². The van der Waals surface area contributed by atoms with Crippen LogP contribution in [0.5, 0.6) is 0 Å². The first-order chi connectivity index (χ1) is 12.4. The summed E-state index contributed by atoms with van der Waals surface area (Å²) in [4.78, 5) is 12.8. The van der Waals surface area contributed by atoms with Gasteiger partial charge in [-0.25, -0.2) is 0 Å². The van der Waals surface area contributed by atoms with Gasteiger partial charge in [-0.2, -0.15) is 0 Å². The van der Waals surface area contributed by atoms with Gasteiger partial charge in [0.25, 0.3) is 0 Å². The molecule has 3 aliphatic carbocycles. The number of fused-ring (bicyclic) bond motifs is 6. The Morgan fingerprint density at radius 3 is 2.46 bits per heavy atom. The van der Waals surface area contributed by atoms with Crippen molar-refractivity contribution in [3.8, 4) is 0 Å². The third-order valence-electron chi connectivity index (χ3n) is 9.32. The molecule has 1 spiro atoms. The van der Waals surface area contributed by atoms with Crippen molar-refractivity contribution in [2.75, 3.05) is 13.2 Å². The molecule has 146 valence electrons. The fourth-order valence-corrected chi connectivity index (χ4v) is 7.67. The smallest absolute Gasteiger partial charge is 0.306 e. The SMILES string of the molecule is C[C@H]1CC[C@@]2(C)C(CC(=O)OC3[C@@H]2CC[C@@]2(C)[C@H]3CCC23OCCO3)C1. The molecule has 5 aliphatic rings. The van der Waals surface area contributed by atoms with Crippen molar-refractivity contribution in [3.63, 3.8) is 0 Å². The molecule has 2 aliphatic heterocycles. The molecule has 0 aromatic rings. The van der Waals surface area contributed by atoms with E-state index in [-0.39, 0.29) is 22.9 Å². The maximum Gasteiger partial charge on any atom is 0.306 e.